The van der Waals surface area contributed by atoms with E-state index in [1.165, 1.54) is 122 Å². The smallest absolute Gasteiger partial charge is 0.219 e. The number of hydrogen-bond acceptors (Lipinski definition) is 2. The van der Waals surface area contributed by atoms with Crippen LogP contribution in [-0.4, -0.2) is 24.7 Å². The maximum Gasteiger partial charge on any atom is 0.219 e. The second-order valence-corrected chi connectivity index (χ2v) is 9.90. The summed E-state index contributed by atoms with van der Waals surface area (Å²) in [4.78, 5) is 11.8. The third-order valence-electron chi connectivity index (χ3n) is 6.77. The van der Waals surface area contributed by atoms with E-state index in [-0.39, 0.29) is 5.91 Å². The van der Waals surface area contributed by atoms with Crippen LogP contribution in [0.4, 0.5) is 0 Å². The van der Waals surface area contributed by atoms with E-state index in [4.69, 9.17) is 4.74 Å². The number of carbonyl (C=O) groups excluding carboxylic acids is 1. The van der Waals surface area contributed by atoms with Gasteiger partial charge in [0.25, 0.3) is 0 Å². The number of rotatable bonds is 24. The van der Waals surface area contributed by atoms with E-state index < -0.39 is 0 Å². The molecule has 0 aromatic heterocycles. The molecule has 0 saturated carbocycles. The van der Waals surface area contributed by atoms with Gasteiger partial charge in [0.15, 0.2) is 0 Å². The van der Waals surface area contributed by atoms with Crippen molar-refractivity contribution in [2.75, 3.05) is 6.54 Å². The summed E-state index contributed by atoms with van der Waals surface area (Å²) in [6, 6.07) is 0. The van der Waals surface area contributed by atoms with Crippen LogP contribution >= 0.6 is 0 Å². The number of unbranched alkanes of at least 4 members (excludes halogenated alkanes) is 16. The first kappa shape index (κ1) is 28.5. The van der Waals surface area contributed by atoms with Gasteiger partial charge >= 0.3 is 0 Å². The molecule has 1 heterocycles. The Kier molecular flexibility index (Phi) is 19.5. The molecule has 184 valence electrons. The fraction of sp³-hybridized carbons (Fsp3) is 0.964. The summed E-state index contributed by atoms with van der Waals surface area (Å²) in [6.07, 6.45) is 29.5. The van der Waals surface area contributed by atoms with Crippen LogP contribution in [0.3, 0.4) is 0 Å². The van der Waals surface area contributed by atoms with Crippen molar-refractivity contribution in [3.05, 3.63) is 0 Å². The second kappa shape index (κ2) is 21.3. The molecule has 1 aliphatic heterocycles. The molecule has 2 atom stereocenters. The van der Waals surface area contributed by atoms with Crippen LogP contribution in [0.15, 0.2) is 0 Å². The monoisotopic (exact) mass is 437 g/mol. The molecular weight excluding hydrogens is 382 g/mol. The molecule has 2 unspecified atom stereocenters. The van der Waals surface area contributed by atoms with Gasteiger partial charge in [-0.1, -0.05) is 123 Å². The quantitative estimate of drug-likeness (QED) is 0.121. The van der Waals surface area contributed by atoms with Gasteiger partial charge in [0.05, 0.1) is 12.2 Å². The molecule has 0 aromatic carbocycles. The Balaban J connectivity index is 1.72. The minimum atomic E-state index is 0.255. The number of carbonyl (C=O) groups is 1. The molecule has 1 aliphatic rings. The fourth-order valence-electron chi connectivity index (χ4n) is 4.55. The third kappa shape index (κ3) is 18.7. The van der Waals surface area contributed by atoms with Crippen molar-refractivity contribution >= 4 is 5.91 Å². The highest BCUT2D eigenvalue weighted by molar-refractivity contribution is 5.75. The predicted octanol–water partition coefficient (Wildman–Crippen LogP) is 8.49. The van der Waals surface area contributed by atoms with E-state index in [1.807, 2.05) is 0 Å². The third-order valence-corrected chi connectivity index (χ3v) is 6.77. The minimum Gasteiger partial charge on any atom is -0.370 e. The van der Waals surface area contributed by atoms with E-state index in [9.17, 15) is 4.79 Å². The lowest BCUT2D eigenvalue weighted by Gasteiger charge is -2.05. The van der Waals surface area contributed by atoms with Crippen molar-refractivity contribution in [3.8, 4) is 0 Å². The number of ether oxygens (including phenoxy) is 1. The first-order chi connectivity index (χ1) is 15.3. The molecule has 1 N–H and O–H groups in total. The summed E-state index contributed by atoms with van der Waals surface area (Å²) in [7, 11) is 0. The van der Waals surface area contributed by atoms with Gasteiger partial charge in [0.2, 0.25) is 5.91 Å². The van der Waals surface area contributed by atoms with E-state index in [0.29, 0.717) is 12.2 Å². The van der Waals surface area contributed by atoms with Crippen molar-refractivity contribution in [2.45, 2.75) is 167 Å². The van der Waals surface area contributed by atoms with Crippen LogP contribution in [0.1, 0.15) is 155 Å². The Labute approximate surface area is 194 Å². The van der Waals surface area contributed by atoms with Crippen LogP contribution in [-0.2, 0) is 9.53 Å². The molecule has 0 aromatic rings. The Hall–Kier alpha value is -0.570. The Bertz CT molecular complexity index is 398. The molecule has 0 aliphatic carbocycles. The topological polar surface area (TPSA) is 41.6 Å². The van der Waals surface area contributed by atoms with Gasteiger partial charge in [-0.15, -0.1) is 0 Å². The van der Waals surface area contributed by atoms with Crippen molar-refractivity contribution in [1.29, 1.82) is 0 Å². The summed E-state index contributed by atoms with van der Waals surface area (Å²) in [5, 5.41) is 3.06. The molecule has 1 rings (SSSR count). The van der Waals surface area contributed by atoms with Gasteiger partial charge in [-0.05, 0) is 25.7 Å². The predicted molar refractivity (Wildman–Crippen MR) is 135 cm³/mol. The lowest BCUT2D eigenvalue weighted by Crippen LogP contribution is -2.23. The average molecular weight is 438 g/mol. The fourth-order valence-corrected chi connectivity index (χ4v) is 4.55. The molecular formula is C28H55NO2. The lowest BCUT2D eigenvalue weighted by molar-refractivity contribution is -0.121. The van der Waals surface area contributed by atoms with Crippen LogP contribution < -0.4 is 5.32 Å². The van der Waals surface area contributed by atoms with Crippen LogP contribution in [0.25, 0.3) is 0 Å². The van der Waals surface area contributed by atoms with Crippen molar-refractivity contribution in [3.63, 3.8) is 0 Å². The normalized spacial score (nSPS) is 17.7. The molecule has 0 radical (unpaired) electrons. The Morgan fingerprint density at radius 1 is 0.581 bits per heavy atom. The van der Waals surface area contributed by atoms with Crippen molar-refractivity contribution < 1.29 is 9.53 Å². The van der Waals surface area contributed by atoms with Gasteiger partial charge in [0.1, 0.15) is 0 Å². The number of hydrogen-bond donors (Lipinski definition) is 1. The Morgan fingerprint density at radius 3 is 1.52 bits per heavy atom. The second-order valence-electron chi connectivity index (χ2n) is 9.90. The van der Waals surface area contributed by atoms with E-state index in [2.05, 4.69) is 19.2 Å². The van der Waals surface area contributed by atoms with Gasteiger partial charge in [0, 0.05) is 13.0 Å². The lowest BCUT2D eigenvalue weighted by atomic mass is 10.0. The van der Waals surface area contributed by atoms with E-state index in [0.717, 1.165) is 25.8 Å². The number of nitrogens with one attached hydrogen (secondary N) is 1. The van der Waals surface area contributed by atoms with Crippen molar-refractivity contribution in [2.24, 2.45) is 0 Å². The van der Waals surface area contributed by atoms with Gasteiger partial charge in [-0.25, -0.2) is 0 Å². The summed E-state index contributed by atoms with van der Waals surface area (Å²) in [5.41, 5.74) is 0. The summed E-state index contributed by atoms with van der Waals surface area (Å²) >= 11 is 0. The molecule has 1 amide bonds. The van der Waals surface area contributed by atoms with Crippen LogP contribution in [0.5, 0.6) is 0 Å². The van der Waals surface area contributed by atoms with Crippen LogP contribution in [0.2, 0.25) is 0 Å². The zero-order valence-corrected chi connectivity index (χ0v) is 21.2. The van der Waals surface area contributed by atoms with Gasteiger partial charge in [-0.3, -0.25) is 4.79 Å². The van der Waals surface area contributed by atoms with Crippen LogP contribution in [0, 0.1) is 0 Å². The highest BCUT2D eigenvalue weighted by Gasteiger charge is 2.36. The number of amides is 1. The number of epoxide rings is 1. The highest BCUT2D eigenvalue weighted by Crippen LogP contribution is 2.31. The van der Waals surface area contributed by atoms with Gasteiger partial charge in [-0.2, -0.15) is 0 Å². The average Bonchev–Trinajstić information content (AvgIpc) is 3.52. The van der Waals surface area contributed by atoms with E-state index >= 15 is 0 Å². The van der Waals surface area contributed by atoms with Crippen molar-refractivity contribution in [1.82, 2.24) is 5.32 Å². The zero-order valence-electron chi connectivity index (χ0n) is 21.2. The first-order valence-corrected chi connectivity index (χ1v) is 14.2. The molecule has 31 heavy (non-hydrogen) atoms. The van der Waals surface area contributed by atoms with Gasteiger partial charge < -0.3 is 10.1 Å². The maximum absolute atomic E-state index is 11.8. The molecule has 3 heteroatoms. The molecule has 1 fully saturated rings. The summed E-state index contributed by atoms with van der Waals surface area (Å²) < 4.78 is 5.85. The maximum atomic E-state index is 11.8. The summed E-state index contributed by atoms with van der Waals surface area (Å²) in [5.74, 6) is 0.255. The van der Waals surface area contributed by atoms with E-state index in [1.54, 1.807) is 0 Å². The molecule has 0 spiro atoms. The standard InChI is InChI=1S/C28H55NO2/c1-3-5-7-9-15-18-22-26-27(31-26)23-19-16-13-11-10-12-14-17-20-24-28(30)29-25-21-8-6-4-2/h26-27H,3-25H2,1-2H3,(H,29,30). The zero-order chi connectivity index (χ0) is 22.4. The first-order valence-electron chi connectivity index (χ1n) is 14.2. The summed E-state index contributed by atoms with van der Waals surface area (Å²) in [6.45, 7) is 5.37. The highest BCUT2D eigenvalue weighted by atomic mass is 16.6. The minimum absolute atomic E-state index is 0.255. The molecule has 3 nitrogen and oxygen atoms in total. The largest absolute Gasteiger partial charge is 0.370 e. The SMILES string of the molecule is CCCCCCCCC1OC1CCCCCCCCCCCC(=O)NCCCCCC. The Morgan fingerprint density at radius 2 is 1.00 bits per heavy atom. The molecule has 0 bridgehead atoms. The molecule has 1 saturated heterocycles.